The third-order valence-corrected chi connectivity index (χ3v) is 5.81. The summed E-state index contributed by atoms with van der Waals surface area (Å²) in [6.45, 7) is 8.88. The maximum absolute atomic E-state index is 12.4. The molecule has 0 bridgehead atoms. The molecule has 122 valence electrons. The molecule has 0 saturated heterocycles. The maximum atomic E-state index is 12.4. The number of hydrogen-bond donors (Lipinski definition) is 1. The van der Waals surface area contributed by atoms with Crippen molar-refractivity contribution in [2.45, 2.75) is 47.0 Å². The topological polar surface area (TPSA) is 42.0 Å². The zero-order chi connectivity index (χ0) is 16.6. The fourth-order valence-electron chi connectivity index (χ4n) is 3.16. The zero-order valence-electron chi connectivity index (χ0n) is 14.3. The molecule has 2 aromatic rings. The predicted molar refractivity (Wildman–Crippen MR) is 96.2 cm³/mol. The van der Waals surface area contributed by atoms with Gasteiger partial charge in [0.15, 0.2) is 5.13 Å². The number of anilines is 1. The third-order valence-electron chi connectivity index (χ3n) is 4.77. The highest BCUT2D eigenvalue weighted by atomic mass is 32.1. The summed E-state index contributed by atoms with van der Waals surface area (Å²) < 4.78 is 0. The Morgan fingerprint density at radius 1 is 1.30 bits per heavy atom. The van der Waals surface area contributed by atoms with E-state index >= 15 is 0 Å². The zero-order valence-corrected chi connectivity index (χ0v) is 15.1. The number of aryl methyl sites for hydroxylation is 2. The minimum absolute atomic E-state index is 0.0680. The molecule has 3 nitrogen and oxygen atoms in total. The normalized spacial score (nSPS) is 17.7. The highest BCUT2D eigenvalue weighted by Gasteiger charge is 2.30. The molecule has 1 atom stereocenters. The Morgan fingerprint density at radius 2 is 2.04 bits per heavy atom. The number of carbonyl (C=O) groups excluding carboxylic acids is 1. The van der Waals surface area contributed by atoms with Crippen molar-refractivity contribution in [2.75, 3.05) is 5.32 Å². The molecule has 4 heteroatoms. The van der Waals surface area contributed by atoms with Crippen molar-refractivity contribution in [1.29, 1.82) is 0 Å². The van der Waals surface area contributed by atoms with Crippen LogP contribution in [0, 0.1) is 18.3 Å². The number of nitrogens with zero attached hydrogens (tertiary/aromatic N) is 1. The van der Waals surface area contributed by atoms with Crippen LogP contribution in [0.2, 0.25) is 0 Å². The number of hydrogen-bond acceptors (Lipinski definition) is 3. The van der Waals surface area contributed by atoms with Crippen molar-refractivity contribution < 1.29 is 4.79 Å². The monoisotopic (exact) mass is 328 g/mol. The molecule has 23 heavy (non-hydrogen) atoms. The molecule has 3 rings (SSSR count). The molecule has 0 saturated carbocycles. The number of rotatable bonds is 2. The van der Waals surface area contributed by atoms with Gasteiger partial charge in [0, 0.05) is 10.4 Å². The van der Waals surface area contributed by atoms with Crippen LogP contribution in [0.3, 0.4) is 0 Å². The van der Waals surface area contributed by atoms with Crippen LogP contribution in [0.5, 0.6) is 0 Å². The second-order valence-electron chi connectivity index (χ2n) is 7.46. The summed E-state index contributed by atoms with van der Waals surface area (Å²) in [5, 5.41) is 3.71. The van der Waals surface area contributed by atoms with Gasteiger partial charge < -0.3 is 0 Å². The first-order valence-corrected chi connectivity index (χ1v) is 9.02. The van der Waals surface area contributed by atoms with E-state index in [2.05, 4.69) is 31.1 Å². The minimum atomic E-state index is -0.0680. The van der Waals surface area contributed by atoms with Crippen LogP contribution in [0.1, 0.15) is 53.7 Å². The Morgan fingerprint density at radius 3 is 2.74 bits per heavy atom. The van der Waals surface area contributed by atoms with Gasteiger partial charge in [-0.15, -0.1) is 11.3 Å². The third kappa shape index (κ3) is 3.47. The Kier molecular flexibility index (Phi) is 4.28. The van der Waals surface area contributed by atoms with Gasteiger partial charge in [0.1, 0.15) is 0 Å². The summed E-state index contributed by atoms with van der Waals surface area (Å²) >= 11 is 1.64. The van der Waals surface area contributed by atoms with E-state index in [0.29, 0.717) is 16.9 Å². The molecular weight excluding hydrogens is 304 g/mol. The van der Waals surface area contributed by atoms with Crippen LogP contribution < -0.4 is 5.32 Å². The first-order valence-electron chi connectivity index (χ1n) is 8.20. The highest BCUT2D eigenvalue weighted by molar-refractivity contribution is 7.15. The number of thiazole rings is 1. The first-order chi connectivity index (χ1) is 10.8. The number of nitrogens with one attached hydrogen (secondary N) is 1. The van der Waals surface area contributed by atoms with Gasteiger partial charge in [-0.2, -0.15) is 0 Å². The molecular formula is C19H24N2OS. The molecule has 1 N–H and O–H groups in total. The molecule has 0 radical (unpaired) electrons. The summed E-state index contributed by atoms with van der Waals surface area (Å²) in [5.41, 5.74) is 3.20. The van der Waals surface area contributed by atoms with Gasteiger partial charge in [0.2, 0.25) is 0 Å². The van der Waals surface area contributed by atoms with Crippen molar-refractivity contribution in [3.8, 4) is 0 Å². The maximum Gasteiger partial charge on any atom is 0.257 e. The number of benzene rings is 1. The lowest BCUT2D eigenvalue weighted by Crippen LogP contribution is -2.26. The van der Waals surface area contributed by atoms with Gasteiger partial charge in [0.25, 0.3) is 5.91 Å². The van der Waals surface area contributed by atoms with Crippen molar-refractivity contribution in [3.05, 3.63) is 46.0 Å². The summed E-state index contributed by atoms with van der Waals surface area (Å²) in [4.78, 5) is 18.4. The molecule has 0 aliphatic heterocycles. The molecule has 1 aliphatic rings. The first kappa shape index (κ1) is 16.2. The lowest BCUT2D eigenvalue weighted by Gasteiger charge is -2.33. The number of fused-ring (bicyclic) bond motifs is 1. The fourth-order valence-corrected chi connectivity index (χ4v) is 4.24. The summed E-state index contributed by atoms with van der Waals surface area (Å²) in [7, 11) is 0. The SMILES string of the molecule is Cc1ccccc1C(=O)Nc1nc2c(s1)C[C@@H](C(C)(C)C)CC2. The Bertz CT molecular complexity index is 727. The molecule has 1 aromatic carbocycles. The average Bonchev–Trinajstić information content (AvgIpc) is 2.87. The van der Waals surface area contributed by atoms with E-state index in [1.165, 1.54) is 17.0 Å². The molecule has 1 amide bonds. The number of carbonyl (C=O) groups is 1. The van der Waals surface area contributed by atoms with E-state index in [1.807, 2.05) is 31.2 Å². The number of aromatic nitrogens is 1. The predicted octanol–water partition coefficient (Wildman–Crippen LogP) is 4.85. The second kappa shape index (κ2) is 6.08. The Balaban J connectivity index is 1.76. The van der Waals surface area contributed by atoms with Crippen molar-refractivity contribution in [1.82, 2.24) is 4.98 Å². The summed E-state index contributed by atoms with van der Waals surface area (Å²) in [5.74, 6) is 0.622. The van der Waals surface area contributed by atoms with E-state index in [9.17, 15) is 4.79 Å². The van der Waals surface area contributed by atoms with Gasteiger partial charge >= 0.3 is 0 Å². The molecule has 1 aliphatic carbocycles. The quantitative estimate of drug-likeness (QED) is 0.856. The highest BCUT2D eigenvalue weighted by Crippen LogP contribution is 2.40. The molecule has 1 aromatic heterocycles. The van der Waals surface area contributed by atoms with Gasteiger partial charge in [-0.3, -0.25) is 10.1 Å². The smallest absolute Gasteiger partial charge is 0.257 e. The van der Waals surface area contributed by atoms with Gasteiger partial charge in [0.05, 0.1) is 5.69 Å². The van der Waals surface area contributed by atoms with Crippen LogP contribution in [0.25, 0.3) is 0 Å². The average molecular weight is 328 g/mol. The van der Waals surface area contributed by atoms with Crippen molar-refractivity contribution >= 4 is 22.4 Å². The Labute approximate surface area is 142 Å². The van der Waals surface area contributed by atoms with Gasteiger partial charge in [-0.25, -0.2) is 4.98 Å². The lowest BCUT2D eigenvalue weighted by atomic mass is 9.73. The minimum Gasteiger partial charge on any atom is -0.298 e. The van der Waals surface area contributed by atoms with Crippen LogP contribution >= 0.6 is 11.3 Å². The standard InChI is InChI=1S/C19H24N2OS/c1-12-7-5-6-8-14(12)17(22)21-18-20-15-10-9-13(19(2,3)4)11-16(15)23-18/h5-8,13H,9-11H2,1-4H3,(H,20,21,22)/t13-/m0/s1. The Hall–Kier alpha value is -1.68. The fraction of sp³-hybridized carbons (Fsp3) is 0.474. The van der Waals surface area contributed by atoms with Crippen LogP contribution in [-0.4, -0.2) is 10.9 Å². The van der Waals surface area contributed by atoms with Crippen LogP contribution in [0.4, 0.5) is 5.13 Å². The van der Waals surface area contributed by atoms with Crippen molar-refractivity contribution in [3.63, 3.8) is 0 Å². The number of amides is 1. The van der Waals surface area contributed by atoms with E-state index in [0.717, 1.165) is 23.5 Å². The van der Waals surface area contributed by atoms with E-state index in [1.54, 1.807) is 11.3 Å². The van der Waals surface area contributed by atoms with E-state index in [4.69, 9.17) is 0 Å². The second-order valence-corrected chi connectivity index (χ2v) is 8.55. The molecule has 1 heterocycles. The van der Waals surface area contributed by atoms with Gasteiger partial charge in [-0.05, 0) is 49.1 Å². The van der Waals surface area contributed by atoms with Crippen LogP contribution in [-0.2, 0) is 12.8 Å². The lowest BCUT2D eigenvalue weighted by molar-refractivity contribution is 0.102. The van der Waals surface area contributed by atoms with E-state index in [-0.39, 0.29) is 5.91 Å². The van der Waals surface area contributed by atoms with Crippen LogP contribution in [0.15, 0.2) is 24.3 Å². The van der Waals surface area contributed by atoms with Gasteiger partial charge in [-0.1, -0.05) is 39.0 Å². The van der Waals surface area contributed by atoms with E-state index < -0.39 is 0 Å². The van der Waals surface area contributed by atoms with Crippen molar-refractivity contribution in [2.24, 2.45) is 11.3 Å². The summed E-state index contributed by atoms with van der Waals surface area (Å²) in [6, 6.07) is 7.65. The molecule has 0 spiro atoms. The molecule has 0 unspecified atom stereocenters. The molecule has 0 fully saturated rings. The summed E-state index contributed by atoms with van der Waals surface area (Å²) in [6.07, 6.45) is 3.29. The largest absolute Gasteiger partial charge is 0.298 e.